The van der Waals surface area contributed by atoms with Gasteiger partial charge in [0.1, 0.15) is 11.2 Å². The van der Waals surface area contributed by atoms with Gasteiger partial charge in [-0.1, -0.05) is 206 Å². The average Bonchev–Trinajstić information content (AvgIpc) is 3.71. The maximum atomic E-state index is 6.47. The zero-order valence-corrected chi connectivity index (χ0v) is 32.0. The van der Waals surface area contributed by atoms with Crippen molar-refractivity contribution < 1.29 is 4.42 Å². The molecule has 0 unspecified atom stereocenters. The molecule has 0 atom stereocenters. The molecule has 11 rings (SSSR count). The first-order chi connectivity index (χ1) is 29.2. The van der Waals surface area contributed by atoms with E-state index in [-0.39, 0.29) is 0 Å². The van der Waals surface area contributed by atoms with Gasteiger partial charge in [0.15, 0.2) is 17.5 Å². The Bertz CT molecular complexity index is 3300. The van der Waals surface area contributed by atoms with Gasteiger partial charge in [0.05, 0.1) is 0 Å². The van der Waals surface area contributed by atoms with E-state index in [9.17, 15) is 0 Å². The molecule has 0 aliphatic rings. The lowest BCUT2D eigenvalue weighted by atomic mass is 9.91. The molecule has 0 radical (unpaired) electrons. The van der Waals surface area contributed by atoms with Crippen LogP contribution < -0.4 is 0 Å². The molecule has 0 spiro atoms. The molecule has 2 heterocycles. The second kappa shape index (κ2) is 14.5. The Hall–Kier alpha value is -7.95. The highest BCUT2D eigenvalue weighted by molar-refractivity contribution is 6.13. The van der Waals surface area contributed by atoms with Gasteiger partial charge >= 0.3 is 0 Å². The summed E-state index contributed by atoms with van der Waals surface area (Å²) in [6.07, 6.45) is 0. The Morgan fingerprint density at radius 3 is 1.37 bits per heavy atom. The molecule has 0 aliphatic heterocycles. The third-order valence-electron chi connectivity index (χ3n) is 11.2. The van der Waals surface area contributed by atoms with Gasteiger partial charge in [0.25, 0.3) is 0 Å². The van der Waals surface area contributed by atoms with Gasteiger partial charge < -0.3 is 4.42 Å². The van der Waals surface area contributed by atoms with E-state index in [1.54, 1.807) is 0 Å². The van der Waals surface area contributed by atoms with Gasteiger partial charge in [-0.05, 0) is 55.8 Å². The summed E-state index contributed by atoms with van der Waals surface area (Å²) in [6.45, 7) is 0. The molecule has 9 aromatic carbocycles. The highest BCUT2D eigenvalue weighted by atomic mass is 16.3. The van der Waals surface area contributed by atoms with Gasteiger partial charge in [-0.25, -0.2) is 15.0 Å². The second-order valence-electron chi connectivity index (χ2n) is 14.7. The van der Waals surface area contributed by atoms with Crippen LogP contribution in [0.5, 0.6) is 0 Å². The summed E-state index contributed by atoms with van der Waals surface area (Å²) in [7, 11) is 0. The number of para-hydroxylation sites is 2. The lowest BCUT2D eigenvalue weighted by molar-refractivity contribution is 0.670. The first kappa shape index (κ1) is 34.3. The number of furan rings is 1. The van der Waals surface area contributed by atoms with Crippen LogP contribution >= 0.6 is 0 Å². The second-order valence-corrected chi connectivity index (χ2v) is 14.7. The summed E-state index contributed by atoms with van der Waals surface area (Å²) in [4.78, 5) is 15.4. The Morgan fingerprint density at radius 1 is 0.237 bits per heavy atom. The van der Waals surface area contributed by atoms with Crippen LogP contribution in [0.4, 0.5) is 0 Å². The summed E-state index contributed by atoms with van der Waals surface area (Å²) >= 11 is 0. The van der Waals surface area contributed by atoms with Crippen molar-refractivity contribution in [2.45, 2.75) is 0 Å². The number of hydrogen-bond donors (Lipinski definition) is 0. The van der Waals surface area contributed by atoms with Crippen LogP contribution in [0.3, 0.4) is 0 Å². The van der Waals surface area contributed by atoms with E-state index in [1.165, 1.54) is 16.3 Å². The molecule has 0 saturated heterocycles. The van der Waals surface area contributed by atoms with Crippen LogP contribution in [0.25, 0.3) is 111 Å². The van der Waals surface area contributed by atoms with Crippen molar-refractivity contribution in [3.63, 3.8) is 0 Å². The topological polar surface area (TPSA) is 51.8 Å². The number of fused-ring (bicyclic) bond motifs is 4. The van der Waals surface area contributed by atoms with Crippen LogP contribution in [0, 0.1) is 0 Å². The minimum absolute atomic E-state index is 0.616. The summed E-state index contributed by atoms with van der Waals surface area (Å²) in [5, 5.41) is 4.60. The van der Waals surface area contributed by atoms with Gasteiger partial charge in [-0.3, -0.25) is 0 Å². The number of rotatable bonds is 7. The summed E-state index contributed by atoms with van der Waals surface area (Å²) in [5.41, 5.74) is 13.6. The molecule has 0 fully saturated rings. The number of hydrogen-bond acceptors (Lipinski definition) is 4. The number of benzene rings is 9. The fraction of sp³-hybridized carbons (Fsp3) is 0. The molecule has 0 amide bonds. The third-order valence-corrected chi connectivity index (χ3v) is 11.2. The Labute approximate surface area is 341 Å². The van der Waals surface area contributed by atoms with Crippen LogP contribution in [0.2, 0.25) is 0 Å². The maximum Gasteiger partial charge on any atom is 0.164 e. The number of nitrogens with zero attached hydrogens (tertiary/aromatic N) is 3. The monoisotopic (exact) mass is 753 g/mol. The van der Waals surface area contributed by atoms with Crippen LogP contribution in [-0.2, 0) is 0 Å². The quantitative estimate of drug-likeness (QED) is 0.163. The smallest absolute Gasteiger partial charge is 0.164 e. The first-order valence-electron chi connectivity index (χ1n) is 19.9. The zero-order chi connectivity index (χ0) is 39.1. The molecular formula is C55H35N3O. The minimum atomic E-state index is 0.616. The molecule has 4 nitrogen and oxygen atoms in total. The van der Waals surface area contributed by atoms with Crippen LogP contribution in [0.15, 0.2) is 217 Å². The van der Waals surface area contributed by atoms with Gasteiger partial charge in [0.2, 0.25) is 0 Å². The lowest BCUT2D eigenvalue weighted by Gasteiger charge is -2.14. The molecule has 0 N–H and O–H groups in total. The summed E-state index contributed by atoms with van der Waals surface area (Å²) in [6, 6.07) is 74.0. The Balaban J connectivity index is 1.01. The van der Waals surface area contributed by atoms with E-state index < -0.39 is 0 Å². The van der Waals surface area contributed by atoms with Crippen molar-refractivity contribution in [3.05, 3.63) is 212 Å². The van der Waals surface area contributed by atoms with Crippen molar-refractivity contribution in [3.8, 4) is 78.7 Å². The fourth-order valence-corrected chi connectivity index (χ4v) is 8.29. The Kier molecular flexibility index (Phi) is 8.45. The normalized spacial score (nSPS) is 11.4. The average molecular weight is 754 g/mol. The molecule has 59 heavy (non-hydrogen) atoms. The van der Waals surface area contributed by atoms with Gasteiger partial charge in [-0.2, -0.15) is 0 Å². The van der Waals surface area contributed by atoms with E-state index in [2.05, 4.69) is 182 Å². The van der Waals surface area contributed by atoms with E-state index in [0.717, 1.165) is 77.6 Å². The van der Waals surface area contributed by atoms with Crippen LogP contribution in [0.1, 0.15) is 0 Å². The highest BCUT2D eigenvalue weighted by Crippen LogP contribution is 2.41. The third kappa shape index (κ3) is 6.24. The van der Waals surface area contributed by atoms with Crippen molar-refractivity contribution in [1.82, 2.24) is 15.0 Å². The maximum absolute atomic E-state index is 6.47. The zero-order valence-electron chi connectivity index (χ0n) is 32.0. The van der Waals surface area contributed by atoms with Crippen molar-refractivity contribution in [2.24, 2.45) is 0 Å². The predicted octanol–water partition coefficient (Wildman–Crippen LogP) is 14.6. The predicted molar refractivity (Wildman–Crippen MR) is 243 cm³/mol. The van der Waals surface area contributed by atoms with Crippen molar-refractivity contribution in [2.75, 3.05) is 0 Å². The Morgan fingerprint density at radius 2 is 0.678 bits per heavy atom. The highest BCUT2D eigenvalue weighted by Gasteiger charge is 2.18. The van der Waals surface area contributed by atoms with Crippen molar-refractivity contribution >= 4 is 32.7 Å². The lowest BCUT2D eigenvalue weighted by Crippen LogP contribution is -2.01. The van der Waals surface area contributed by atoms with Gasteiger partial charge in [0, 0.05) is 33.0 Å². The van der Waals surface area contributed by atoms with Gasteiger partial charge in [-0.15, -0.1) is 0 Å². The first-order valence-corrected chi connectivity index (χ1v) is 19.9. The molecule has 276 valence electrons. The fourth-order valence-electron chi connectivity index (χ4n) is 8.29. The molecule has 0 bridgehead atoms. The molecule has 4 heteroatoms. The van der Waals surface area contributed by atoms with E-state index in [1.807, 2.05) is 30.3 Å². The van der Waals surface area contributed by atoms with Crippen LogP contribution in [-0.4, -0.2) is 15.0 Å². The SMILES string of the molecule is c1ccc(-c2ccc(-c3nc(-c4ccc(-c5ccc(-c6cccc7c6oc6ccccc67)c6ccccc56)cc4)nc(-c4ccccc4-c4ccccc4)n3)cc2)cc1. The summed E-state index contributed by atoms with van der Waals surface area (Å²) < 4.78 is 6.47. The molecule has 2 aromatic heterocycles. The largest absolute Gasteiger partial charge is 0.455 e. The van der Waals surface area contributed by atoms with Crippen molar-refractivity contribution in [1.29, 1.82) is 0 Å². The minimum Gasteiger partial charge on any atom is -0.455 e. The number of aromatic nitrogens is 3. The standard InChI is InChI=1S/C55H35N3O/c1-3-14-36(15-4-1)37-26-30-40(31-27-37)53-56-54(58-55(57-53)50-22-10-7-18-42(50)38-16-5-2-6-17-38)41-32-28-39(29-33-41)43-34-35-46(45-20-9-8-19-44(43)45)48-23-13-24-49-47-21-11-12-25-51(47)59-52(48)49/h1-35H. The van der Waals surface area contributed by atoms with E-state index in [4.69, 9.17) is 19.4 Å². The summed E-state index contributed by atoms with van der Waals surface area (Å²) in [5.74, 6) is 1.87. The molecule has 0 aliphatic carbocycles. The molecule has 0 saturated carbocycles. The van der Waals surface area contributed by atoms with E-state index >= 15 is 0 Å². The molecule has 11 aromatic rings. The van der Waals surface area contributed by atoms with E-state index in [0.29, 0.717) is 17.5 Å². The molecular weight excluding hydrogens is 719 g/mol.